The van der Waals surface area contributed by atoms with Gasteiger partial charge in [0.1, 0.15) is 17.2 Å². The number of benzene rings is 2. The summed E-state index contributed by atoms with van der Waals surface area (Å²) in [6.45, 7) is 3.31. The molecule has 0 amide bonds. The van der Waals surface area contributed by atoms with Gasteiger partial charge in [0.15, 0.2) is 0 Å². The van der Waals surface area contributed by atoms with Crippen molar-refractivity contribution in [3.05, 3.63) is 70.8 Å². The molecule has 0 saturated heterocycles. The summed E-state index contributed by atoms with van der Waals surface area (Å²) >= 11 is 0. The minimum absolute atomic E-state index is 0.399. The van der Waals surface area contributed by atoms with Crippen LogP contribution in [0.4, 0.5) is 8.78 Å². The average Bonchev–Trinajstić information content (AvgIpc) is 2.32. The summed E-state index contributed by atoms with van der Waals surface area (Å²) in [4.78, 5) is 0. The van der Waals surface area contributed by atoms with Crippen LogP contribution in [0.25, 0.3) is 0 Å². The molecule has 2 aromatic carbocycles. The molecule has 2 rings (SSSR count). The van der Waals surface area contributed by atoms with Gasteiger partial charge in [0.2, 0.25) is 0 Å². The van der Waals surface area contributed by atoms with Gasteiger partial charge in [-0.25, -0.2) is 8.78 Å². The highest BCUT2D eigenvalue weighted by Crippen LogP contribution is 2.32. The van der Waals surface area contributed by atoms with Gasteiger partial charge in [-0.15, -0.1) is 0 Å². The van der Waals surface area contributed by atoms with E-state index < -0.39 is 17.2 Å². The first-order chi connectivity index (χ1) is 8.41. The van der Waals surface area contributed by atoms with E-state index in [1.54, 1.807) is 19.1 Å². The molecular formula is C15H14F2O. The summed E-state index contributed by atoms with van der Waals surface area (Å²) < 4.78 is 26.5. The third-order valence-electron chi connectivity index (χ3n) is 3.11. The molecule has 0 saturated carbocycles. The molecule has 2 aromatic rings. The summed E-state index contributed by atoms with van der Waals surface area (Å²) in [5.74, 6) is -0.853. The normalized spacial score (nSPS) is 14.3. The van der Waals surface area contributed by atoms with Crippen LogP contribution < -0.4 is 0 Å². The predicted octanol–water partition coefficient (Wildman–Crippen LogP) is 3.53. The lowest BCUT2D eigenvalue weighted by Crippen LogP contribution is -2.24. The highest BCUT2D eigenvalue weighted by atomic mass is 19.1. The molecule has 1 nitrogen and oxygen atoms in total. The number of hydrogen-bond donors (Lipinski definition) is 1. The lowest BCUT2D eigenvalue weighted by Gasteiger charge is -2.26. The maximum absolute atomic E-state index is 13.3. The number of hydrogen-bond acceptors (Lipinski definition) is 1. The molecular weight excluding hydrogens is 234 g/mol. The van der Waals surface area contributed by atoms with Crippen molar-refractivity contribution in [2.24, 2.45) is 0 Å². The van der Waals surface area contributed by atoms with Crippen LogP contribution in [0.15, 0.2) is 42.5 Å². The van der Waals surface area contributed by atoms with Crippen molar-refractivity contribution < 1.29 is 13.9 Å². The maximum atomic E-state index is 13.3. The van der Waals surface area contributed by atoms with Crippen molar-refractivity contribution in [3.8, 4) is 0 Å². The van der Waals surface area contributed by atoms with Crippen LogP contribution >= 0.6 is 0 Å². The topological polar surface area (TPSA) is 20.2 Å². The van der Waals surface area contributed by atoms with Gasteiger partial charge in [-0.05, 0) is 54.8 Å². The highest BCUT2D eigenvalue weighted by Gasteiger charge is 2.28. The molecule has 94 valence electrons. The first kappa shape index (κ1) is 12.7. The Morgan fingerprint density at radius 1 is 1.00 bits per heavy atom. The van der Waals surface area contributed by atoms with Crippen LogP contribution in [-0.4, -0.2) is 5.11 Å². The zero-order chi connectivity index (χ0) is 13.3. The van der Waals surface area contributed by atoms with Gasteiger partial charge in [-0.2, -0.15) is 0 Å². The van der Waals surface area contributed by atoms with E-state index >= 15 is 0 Å². The van der Waals surface area contributed by atoms with Crippen LogP contribution in [0.5, 0.6) is 0 Å². The van der Waals surface area contributed by atoms with E-state index in [4.69, 9.17) is 0 Å². The second-order valence-electron chi connectivity index (χ2n) is 4.54. The Labute approximate surface area is 105 Å². The Hall–Kier alpha value is -1.74. The van der Waals surface area contributed by atoms with E-state index in [1.165, 1.54) is 37.3 Å². The van der Waals surface area contributed by atoms with Crippen molar-refractivity contribution in [3.63, 3.8) is 0 Å². The van der Waals surface area contributed by atoms with Crippen LogP contribution in [0.3, 0.4) is 0 Å². The second kappa shape index (κ2) is 4.50. The summed E-state index contributed by atoms with van der Waals surface area (Å²) in [6.07, 6.45) is 0. The lowest BCUT2D eigenvalue weighted by atomic mass is 9.85. The quantitative estimate of drug-likeness (QED) is 0.862. The van der Waals surface area contributed by atoms with Crippen LogP contribution in [0.1, 0.15) is 23.6 Å². The Kier molecular flexibility index (Phi) is 3.18. The van der Waals surface area contributed by atoms with Crippen molar-refractivity contribution in [2.75, 3.05) is 0 Å². The minimum Gasteiger partial charge on any atom is -0.381 e. The number of halogens is 2. The van der Waals surface area contributed by atoms with Crippen LogP contribution in [0, 0.1) is 18.6 Å². The smallest absolute Gasteiger partial charge is 0.123 e. The van der Waals surface area contributed by atoms with Crippen molar-refractivity contribution in [1.29, 1.82) is 0 Å². The van der Waals surface area contributed by atoms with E-state index in [2.05, 4.69) is 0 Å². The molecule has 0 aliphatic carbocycles. The molecule has 1 unspecified atom stereocenters. The van der Waals surface area contributed by atoms with E-state index in [0.717, 1.165) is 5.56 Å². The summed E-state index contributed by atoms with van der Waals surface area (Å²) in [5.41, 5.74) is 0.170. The maximum Gasteiger partial charge on any atom is 0.123 e. The van der Waals surface area contributed by atoms with E-state index in [1.807, 2.05) is 0 Å². The standard InChI is InChI=1S/C15H14F2O/c1-10-6-7-13(17)9-14(10)15(2,18)11-4-3-5-12(16)8-11/h3-9,18H,1-2H3. The van der Waals surface area contributed by atoms with E-state index in [0.29, 0.717) is 11.1 Å². The molecule has 0 aliphatic rings. The predicted molar refractivity (Wildman–Crippen MR) is 66.2 cm³/mol. The molecule has 0 radical (unpaired) electrons. The minimum atomic E-state index is -1.42. The van der Waals surface area contributed by atoms with Crippen LogP contribution in [-0.2, 0) is 5.60 Å². The second-order valence-corrected chi connectivity index (χ2v) is 4.54. The van der Waals surface area contributed by atoms with Gasteiger partial charge in [-0.1, -0.05) is 18.2 Å². The van der Waals surface area contributed by atoms with Crippen molar-refractivity contribution in [1.82, 2.24) is 0 Å². The number of aryl methyl sites for hydroxylation is 1. The van der Waals surface area contributed by atoms with E-state index in [9.17, 15) is 13.9 Å². The monoisotopic (exact) mass is 248 g/mol. The third-order valence-corrected chi connectivity index (χ3v) is 3.11. The molecule has 1 atom stereocenters. The fourth-order valence-corrected chi connectivity index (χ4v) is 2.07. The first-order valence-electron chi connectivity index (χ1n) is 5.66. The van der Waals surface area contributed by atoms with Crippen molar-refractivity contribution in [2.45, 2.75) is 19.4 Å². The van der Waals surface area contributed by atoms with E-state index in [-0.39, 0.29) is 0 Å². The summed E-state index contributed by atoms with van der Waals surface area (Å²) in [7, 11) is 0. The zero-order valence-corrected chi connectivity index (χ0v) is 10.2. The highest BCUT2D eigenvalue weighted by molar-refractivity contribution is 5.40. The van der Waals surface area contributed by atoms with Crippen LogP contribution in [0.2, 0.25) is 0 Å². The Morgan fingerprint density at radius 2 is 1.67 bits per heavy atom. The van der Waals surface area contributed by atoms with Gasteiger partial charge < -0.3 is 5.11 Å². The summed E-state index contributed by atoms with van der Waals surface area (Å²) in [5, 5.41) is 10.6. The third kappa shape index (κ3) is 2.27. The molecule has 1 N–H and O–H groups in total. The Balaban J connectivity index is 2.57. The molecule has 0 aliphatic heterocycles. The fourth-order valence-electron chi connectivity index (χ4n) is 2.07. The molecule has 0 aromatic heterocycles. The van der Waals surface area contributed by atoms with Crippen molar-refractivity contribution >= 4 is 0 Å². The molecule has 0 bridgehead atoms. The molecule has 0 spiro atoms. The SMILES string of the molecule is Cc1ccc(F)cc1C(C)(O)c1cccc(F)c1. The molecule has 0 fully saturated rings. The Morgan fingerprint density at radius 3 is 2.33 bits per heavy atom. The zero-order valence-electron chi connectivity index (χ0n) is 10.2. The van der Waals surface area contributed by atoms with Gasteiger partial charge in [0.05, 0.1) is 0 Å². The molecule has 3 heteroatoms. The average molecular weight is 248 g/mol. The lowest BCUT2D eigenvalue weighted by molar-refractivity contribution is 0.101. The van der Waals surface area contributed by atoms with Gasteiger partial charge in [0.25, 0.3) is 0 Å². The van der Waals surface area contributed by atoms with Gasteiger partial charge in [0, 0.05) is 0 Å². The Bertz CT molecular complexity index is 576. The first-order valence-corrected chi connectivity index (χ1v) is 5.66. The molecule has 18 heavy (non-hydrogen) atoms. The number of rotatable bonds is 2. The largest absolute Gasteiger partial charge is 0.381 e. The fraction of sp³-hybridized carbons (Fsp3) is 0.200. The van der Waals surface area contributed by atoms with Gasteiger partial charge in [-0.3, -0.25) is 0 Å². The number of aliphatic hydroxyl groups is 1. The molecule has 0 heterocycles. The van der Waals surface area contributed by atoms with Gasteiger partial charge >= 0.3 is 0 Å². The summed E-state index contributed by atoms with van der Waals surface area (Å²) in [6, 6.07) is 9.91.